The smallest absolute Gasteiger partial charge is 0.417 e. The summed E-state index contributed by atoms with van der Waals surface area (Å²) in [4.78, 5) is 27.8. The minimum absolute atomic E-state index is 0.186. The van der Waals surface area contributed by atoms with Gasteiger partial charge in [-0.3, -0.25) is 9.59 Å². The summed E-state index contributed by atoms with van der Waals surface area (Å²) in [6, 6.07) is 13.6. The molecule has 0 radical (unpaired) electrons. The number of rotatable bonds is 5. The molecule has 3 fully saturated rings. The van der Waals surface area contributed by atoms with E-state index in [4.69, 9.17) is 14.7 Å². The average Bonchev–Trinajstić information content (AvgIpc) is 3.38. The van der Waals surface area contributed by atoms with Crippen molar-refractivity contribution in [2.75, 3.05) is 11.5 Å². The number of para-hydroxylation sites is 1. The van der Waals surface area contributed by atoms with Crippen molar-refractivity contribution in [3.8, 4) is 11.8 Å². The van der Waals surface area contributed by atoms with Crippen LogP contribution in [0.15, 0.2) is 48.5 Å². The lowest BCUT2D eigenvalue weighted by atomic mass is 9.67. The highest BCUT2D eigenvalue weighted by Gasteiger charge is 2.73. The van der Waals surface area contributed by atoms with Crippen LogP contribution in [0.5, 0.6) is 5.75 Å². The number of nitriles is 1. The molecule has 4 atom stereocenters. The van der Waals surface area contributed by atoms with Crippen LogP contribution >= 0.6 is 0 Å². The summed E-state index contributed by atoms with van der Waals surface area (Å²) in [6.45, 7) is 2.05. The van der Waals surface area contributed by atoms with Gasteiger partial charge in [-0.05, 0) is 50.1 Å². The van der Waals surface area contributed by atoms with E-state index in [1.54, 1.807) is 6.92 Å². The molecule has 6 nitrogen and oxygen atoms in total. The van der Waals surface area contributed by atoms with Gasteiger partial charge in [0.25, 0.3) is 0 Å². The van der Waals surface area contributed by atoms with Crippen molar-refractivity contribution in [2.24, 2.45) is 11.8 Å². The number of carbonyl (C=O) groups excluding carboxylic acids is 2. The zero-order chi connectivity index (χ0) is 24.3. The Balaban J connectivity index is 1.45. The summed E-state index contributed by atoms with van der Waals surface area (Å²) in [5, 5.41) is 9.06. The van der Waals surface area contributed by atoms with Crippen LogP contribution in [0.3, 0.4) is 0 Å². The van der Waals surface area contributed by atoms with Crippen molar-refractivity contribution in [3.63, 3.8) is 0 Å². The first-order valence-electron chi connectivity index (χ1n) is 11.0. The Labute approximate surface area is 193 Å². The van der Waals surface area contributed by atoms with E-state index in [0.717, 1.165) is 11.0 Å². The molecule has 9 heteroatoms. The summed E-state index contributed by atoms with van der Waals surface area (Å²) in [5.74, 6) is -2.06. The summed E-state index contributed by atoms with van der Waals surface area (Å²) in [7, 11) is 0. The van der Waals surface area contributed by atoms with Crippen molar-refractivity contribution < 1.29 is 32.2 Å². The second-order valence-electron chi connectivity index (χ2n) is 9.20. The number of amides is 2. The number of hydrogen-bond donors (Lipinski definition) is 0. The topological polar surface area (TPSA) is 79.6 Å². The predicted octanol–water partition coefficient (Wildman–Crippen LogP) is 4.47. The van der Waals surface area contributed by atoms with Crippen LogP contribution in [0, 0.1) is 23.2 Å². The Bertz CT molecular complexity index is 1210. The number of alkyl halides is 3. The lowest BCUT2D eigenvalue weighted by molar-refractivity contribution is -0.138. The Morgan fingerprint density at radius 1 is 1.12 bits per heavy atom. The number of carbonyl (C=O) groups is 2. The number of imide groups is 1. The second kappa shape index (κ2) is 7.57. The van der Waals surface area contributed by atoms with Crippen molar-refractivity contribution in [3.05, 3.63) is 59.7 Å². The quantitative estimate of drug-likeness (QED) is 0.603. The second-order valence-corrected chi connectivity index (χ2v) is 9.20. The first-order chi connectivity index (χ1) is 16.1. The van der Waals surface area contributed by atoms with Crippen LogP contribution in [0.25, 0.3) is 0 Å². The number of benzene rings is 2. The van der Waals surface area contributed by atoms with E-state index in [2.05, 4.69) is 0 Å². The maximum Gasteiger partial charge on any atom is 0.417 e. The highest BCUT2D eigenvalue weighted by Crippen LogP contribution is 2.62. The molecule has 0 aromatic heterocycles. The zero-order valence-electron chi connectivity index (χ0n) is 18.3. The van der Waals surface area contributed by atoms with Crippen molar-refractivity contribution in [1.29, 1.82) is 5.26 Å². The van der Waals surface area contributed by atoms with Gasteiger partial charge in [-0.15, -0.1) is 0 Å². The number of anilines is 1. The molecule has 2 aromatic rings. The highest BCUT2D eigenvalue weighted by atomic mass is 19.4. The first kappa shape index (κ1) is 22.4. The molecule has 0 N–H and O–H groups in total. The summed E-state index contributed by atoms with van der Waals surface area (Å²) in [6.07, 6.45) is -3.32. The van der Waals surface area contributed by atoms with Gasteiger partial charge < -0.3 is 9.47 Å². The van der Waals surface area contributed by atoms with Crippen LogP contribution in [0.4, 0.5) is 18.9 Å². The fraction of sp³-hybridized carbons (Fsp3) is 0.400. The highest BCUT2D eigenvalue weighted by molar-refractivity contribution is 6.23. The lowest BCUT2D eigenvalue weighted by Gasteiger charge is -2.31. The van der Waals surface area contributed by atoms with E-state index in [-0.39, 0.29) is 12.3 Å². The largest absolute Gasteiger partial charge is 0.493 e. The van der Waals surface area contributed by atoms with Gasteiger partial charge in [-0.25, -0.2) is 4.90 Å². The summed E-state index contributed by atoms with van der Waals surface area (Å²) < 4.78 is 52.6. The number of hydrogen-bond acceptors (Lipinski definition) is 5. The van der Waals surface area contributed by atoms with Gasteiger partial charge >= 0.3 is 6.18 Å². The van der Waals surface area contributed by atoms with E-state index >= 15 is 0 Å². The molecular weight excluding hydrogens is 449 g/mol. The van der Waals surface area contributed by atoms with Crippen LogP contribution < -0.4 is 9.64 Å². The van der Waals surface area contributed by atoms with Gasteiger partial charge in [0.1, 0.15) is 5.75 Å². The normalized spacial score (nSPS) is 29.9. The van der Waals surface area contributed by atoms with Gasteiger partial charge in [0.05, 0.1) is 52.5 Å². The summed E-state index contributed by atoms with van der Waals surface area (Å²) >= 11 is 0. The van der Waals surface area contributed by atoms with E-state index in [0.29, 0.717) is 31.1 Å². The molecule has 3 aliphatic rings. The van der Waals surface area contributed by atoms with Gasteiger partial charge in [-0.2, -0.15) is 18.4 Å². The maximum absolute atomic E-state index is 13.5. The maximum atomic E-state index is 13.5. The molecule has 0 spiro atoms. The lowest BCUT2D eigenvalue weighted by Crippen LogP contribution is -2.43. The zero-order valence-corrected chi connectivity index (χ0v) is 18.3. The monoisotopic (exact) mass is 470 g/mol. The standard InChI is InChI=1S/C25H21F3N2O4/c1-23-9-10-24(34-23,11-12-33-17-5-3-2-4-6-17)20-19(23)21(31)30(22(20)32)16-8-7-15(14-29)18(13-16)25(26,27)28/h2-8,13,19-20H,9-12H2,1H3/t19-,20+,23-,24-/m0/s1. The molecule has 5 rings (SSSR count). The molecule has 34 heavy (non-hydrogen) atoms. The number of ether oxygens (including phenoxy) is 2. The van der Waals surface area contributed by atoms with Crippen molar-refractivity contribution in [2.45, 2.75) is 43.6 Å². The minimum atomic E-state index is -4.80. The van der Waals surface area contributed by atoms with Crippen LogP contribution in [0.2, 0.25) is 0 Å². The number of nitrogens with zero attached hydrogens (tertiary/aromatic N) is 2. The van der Waals surface area contributed by atoms with Crippen LogP contribution in [-0.4, -0.2) is 29.6 Å². The van der Waals surface area contributed by atoms with Crippen LogP contribution in [-0.2, 0) is 20.5 Å². The van der Waals surface area contributed by atoms with Crippen molar-refractivity contribution >= 4 is 17.5 Å². The molecule has 2 amide bonds. The van der Waals surface area contributed by atoms with E-state index in [1.165, 1.54) is 12.1 Å². The van der Waals surface area contributed by atoms with Crippen LogP contribution in [0.1, 0.15) is 37.3 Å². The van der Waals surface area contributed by atoms with E-state index in [1.807, 2.05) is 30.3 Å². The SMILES string of the molecule is C[C@@]12CC[C@@](CCOc3ccccc3)(O1)[C@H]1C(=O)N(c3ccc(C#N)c(C(F)(F)F)c3)C(=O)[C@H]12. The first-order valence-corrected chi connectivity index (χ1v) is 11.0. The fourth-order valence-corrected chi connectivity index (χ4v) is 5.73. The fourth-order valence-electron chi connectivity index (χ4n) is 5.73. The molecule has 0 unspecified atom stereocenters. The molecule has 2 aromatic carbocycles. The molecule has 3 saturated heterocycles. The molecule has 3 heterocycles. The molecule has 176 valence electrons. The molecule has 0 aliphatic carbocycles. The minimum Gasteiger partial charge on any atom is -0.493 e. The Morgan fingerprint density at radius 3 is 2.50 bits per heavy atom. The molecule has 2 bridgehead atoms. The molecule has 3 aliphatic heterocycles. The Hall–Kier alpha value is -3.38. The third-order valence-corrected chi connectivity index (χ3v) is 7.24. The van der Waals surface area contributed by atoms with Gasteiger partial charge in [-0.1, -0.05) is 18.2 Å². The van der Waals surface area contributed by atoms with Gasteiger partial charge in [0, 0.05) is 6.42 Å². The number of fused-ring (bicyclic) bond motifs is 5. The van der Waals surface area contributed by atoms with Gasteiger partial charge in [0.2, 0.25) is 11.8 Å². The third-order valence-electron chi connectivity index (χ3n) is 7.24. The average molecular weight is 470 g/mol. The molecular formula is C25H21F3N2O4. The summed E-state index contributed by atoms with van der Waals surface area (Å²) in [5.41, 5.74) is -3.73. The van der Waals surface area contributed by atoms with Crippen molar-refractivity contribution in [1.82, 2.24) is 0 Å². The molecule has 0 saturated carbocycles. The van der Waals surface area contributed by atoms with E-state index in [9.17, 15) is 22.8 Å². The third kappa shape index (κ3) is 3.28. The Morgan fingerprint density at radius 2 is 1.82 bits per heavy atom. The number of halogens is 3. The Kier molecular flexibility index (Phi) is 4.99. The van der Waals surface area contributed by atoms with Gasteiger partial charge in [0.15, 0.2) is 0 Å². The predicted molar refractivity (Wildman–Crippen MR) is 114 cm³/mol. The van der Waals surface area contributed by atoms with E-state index < -0.39 is 52.2 Å².